The quantitative estimate of drug-likeness (QED) is 0.735. The Kier molecular flexibility index (Phi) is 3.92. The van der Waals surface area contributed by atoms with Crippen LogP contribution in [0.2, 0.25) is 0 Å². The van der Waals surface area contributed by atoms with Gasteiger partial charge < -0.3 is 4.90 Å². The van der Waals surface area contributed by atoms with Gasteiger partial charge in [0.25, 0.3) is 0 Å². The zero-order valence-corrected chi connectivity index (χ0v) is 11.7. The van der Waals surface area contributed by atoms with Gasteiger partial charge in [-0.15, -0.1) is 0 Å². The van der Waals surface area contributed by atoms with Crippen LogP contribution >= 0.6 is 0 Å². The molecule has 2 nitrogen and oxygen atoms in total. The van der Waals surface area contributed by atoms with Crippen LogP contribution in [0, 0.1) is 17.3 Å². The summed E-state index contributed by atoms with van der Waals surface area (Å²) in [6.45, 7) is 10.4. The van der Waals surface area contributed by atoms with E-state index in [9.17, 15) is 4.79 Å². The molecule has 0 aromatic heterocycles. The Labute approximate surface area is 106 Å². The molecule has 1 aliphatic carbocycles. The Morgan fingerprint density at radius 2 is 1.94 bits per heavy atom. The molecule has 1 saturated heterocycles. The first-order chi connectivity index (χ1) is 7.96. The predicted molar refractivity (Wildman–Crippen MR) is 71.0 cm³/mol. The van der Waals surface area contributed by atoms with Crippen LogP contribution in [0.25, 0.3) is 0 Å². The average molecular weight is 237 g/mol. The van der Waals surface area contributed by atoms with E-state index in [4.69, 9.17) is 0 Å². The largest absolute Gasteiger partial charge is 0.303 e. The Bertz CT molecular complexity index is 275. The van der Waals surface area contributed by atoms with E-state index in [1.807, 2.05) is 0 Å². The molecule has 17 heavy (non-hydrogen) atoms. The second-order valence-corrected chi connectivity index (χ2v) is 7.01. The lowest BCUT2D eigenvalue weighted by Crippen LogP contribution is -2.42. The summed E-state index contributed by atoms with van der Waals surface area (Å²) >= 11 is 0. The summed E-state index contributed by atoms with van der Waals surface area (Å²) in [6.07, 6.45) is 5.62. The molecular weight excluding hydrogens is 210 g/mol. The van der Waals surface area contributed by atoms with Gasteiger partial charge >= 0.3 is 0 Å². The third kappa shape index (κ3) is 3.54. The molecule has 2 aliphatic rings. The summed E-state index contributed by atoms with van der Waals surface area (Å²) in [5.41, 5.74) is 0.514. The first kappa shape index (κ1) is 13.1. The molecule has 0 N–H and O–H groups in total. The number of piperidine rings is 1. The van der Waals surface area contributed by atoms with Crippen molar-refractivity contribution in [1.29, 1.82) is 0 Å². The smallest absolute Gasteiger partial charge is 0.137 e. The highest BCUT2D eigenvalue weighted by molar-refractivity contribution is 5.81. The standard InChI is InChI=1S/C15H27NO/c1-12-4-5-14(17)13(10-12)11-16-8-6-15(2,3)7-9-16/h12-13H,4-11H2,1-3H3. The van der Waals surface area contributed by atoms with Gasteiger partial charge in [-0.3, -0.25) is 4.79 Å². The summed E-state index contributed by atoms with van der Waals surface area (Å²) < 4.78 is 0. The number of hydrogen-bond acceptors (Lipinski definition) is 2. The fourth-order valence-electron chi connectivity index (χ4n) is 3.16. The molecule has 1 heterocycles. The van der Waals surface area contributed by atoms with Gasteiger partial charge in [0, 0.05) is 18.9 Å². The van der Waals surface area contributed by atoms with Gasteiger partial charge in [-0.05, 0) is 50.1 Å². The number of ketones is 1. The van der Waals surface area contributed by atoms with Crippen molar-refractivity contribution < 1.29 is 4.79 Å². The van der Waals surface area contributed by atoms with Gasteiger partial charge in [0.15, 0.2) is 0 Å². The summed E-state index contributed by atoms with van der Waals surface area (Å²) in [6, 6.07) is 0. The van der Waals surface area contributed by atoms with Crippen molar-refractivity contribution in [2.45, 2.75) is 52.9 Å². The van der Waals surface area contributed by atoms with Crippen molar-refractivity contribution in [2.24, 2.45) is 17.3 Å². The average Bonchev–Trinajstić information content (AvgIpc) is 2.26. The minimum Gasteiger partial charge on any atom is -0.303 e. The van der Waals surface area contributed by atoms with Crippen LogP contribution < -0.4 is 0 Å². The van der Waals surface area contributed by atoms with E-state index < -0.39 is 0 Å². The fourth-order valence-corrected chi connectivity index (χ4v) is 3.16. The zero-order valence-electron chi connectivity index (χ0n) is 11.7. The van der Waals surface area contributed by atoms with E-state index in [-0.39, 0.29) is 0 Å². The first-order valence-corrected chi connectivity index (χ1v) is 7.21. The number of hydrogen-bond donors (Lipinski definition) is 0. The molecule has 2 rings (SSSR count). The molecule has 0 aromatic carbocycles. The number of likely N-dealkylation sites (tertiary alicyclic amines) is 1. The van der Waals surface area contributed by atoms with E-state index >= 15 is 0 Å². The highest BCUT2D eigenvalue weighted by Gasteiger charge is 2.31. The number of nitrogens with zero attached hydrogens (tertiary/aromatic N) is 1. The lowest BCUT2D eigenvalue weighted by Gasteiger charge is -2.39. The molecule has 1 saturated carbocycles. The zero-order chi connectivity index (χ0) is 12.5. The number of carbonyl (C=O) groups excluding carboxylic acids is 1. The number of Topliss-reactive ketones (excluding diaryl/α,β-unsaturated/α-hetero) is 1. The molecule has 2 atom stereocenters. The Morgan fingerprint density at radius 3 is 2.59 bits per heavy atom. The van der Waals surface area contributed by atoms with Crippen molar-refractivity contribution >= 4 is 5.78 Å². The van der Waals surface area contributed by atoms with Crippen molar-refractivity contribution in [3.63, 3.8) is 0 Å². The minimum absolute atomic E-state index is 0.333. The lowest BCUT2D eigenvalue weighted by molar-refractivity contribution is -0.126. The lowest BCUT2D eigenvalue weighted by atomic mass is 9.79. The van der Waals surface area contributed by atoms with Crippen LogP contribution in [-0.2, 0) is 4.79 Å². The fraction of sp³-hybridized carbons (Fsp3) is 0.933. The van der Waals surface area contributed by atoms with Crippen molar-refractivity contribution in [1.82, 2.24) is 4.90 Å². The Hall–Kier alpha value is -0.370. The Morgan fingerprint density at radius 1 is 1.29 bits per heavy atom. The molecule has 0 aromatic rings. The molecule has 2 heteroatoms. The van der Waals surface area contributed by atoms with Crippen LogP contribution in [0.5, 0.6) is 0 Å². The highest BCUT2D eigenvalue weighted by Crippen LogP contribution is 2.32. The maximum atomic E-state index is 11.9. The van der Waals surface area contributed by atoms with Crippen molar-refractivity contribution in [2.75, 3.05) is 19.6 Å². The second-order valence-electron chi connectivity index (χ2n) is 7.01. The Balaban J connectivity index is 1.83. The van der Waals surface area contributed by atoms with Crippen LogP contribution in [0.4, 0.5) is 0 Å². The summed E-state index contributed by atoms with van der Waals surface area (Å²) in [5.74, 6) is 1.60. The van der Waals surface area contributed by atoms with Gasteiger partial charge in [0.05, 0.1) is 0 Å². The molecule has 2 fully saturated rings. The molecule has 2 unspecified atom stereocenters. The first-order valence-electron chi connectivity index (χ1n) is 7.21. The topological polar surface area (TPSA) is 20.3 Å². The van der Waals surface area contributed by atoms with Crippen LogP contribution in [0.3, 0.4) is 0 Å². The van der Waals surface area contributed by atoms with Crippen LogP contribution in [0.15, 0.2) is 0 Å². The molecule has 0 radical (unpaired) electrons. The van der Waals surface area contributed by atoms with Gasteiger partial charge in [0.2, 0.25) is 0 Å². The molecule has 0 bridgehead atoms. The van der Waals surface area contributed by atoms with Gasteiger partial charge in [-0.2, -0.15) is 0 Å². The number of rotatable bonds is 2. The van der Waals surface area contributed by atoms with E-state index in [1.165, 1.54) is 25.9 Å². The summed E-state index contributed by atoms with van der Waals surface area (Å²) in [4.78, 5) is 14.4. The summed E-state index contributed by atoms with van der Waals surface area (Å²) in [7, 11) is 0. The van der Waals surface area contributed by atoms with Gasteiger partial charge in [-0.25, -0.2) is 0 Å². The number of carbonyl (C=O) groups is 1. The molecule has 98 valence electrons. The van der Waals surface area contributed by atoms with Crippen LogP contribution in [-0.4, -0.2) is 30.3 Å². The van der Waals surface area contributed by atoms with E-state index in [0.717, 1.165) is 31.7 Å². The van der Waals surface area contributed by atoms with E-state index in [0.29, 0.717) is 17.1 Å². The third-order valence-electron chi connectivity index (χ3n) is 4.71. The summed E-state index contributed by atoms with van der Waals surface area (Å²) in [5, 5.41) is 0. The highest BCUT2D eigenvalue weighted by atomic mass is 16.1. The van der Waals surface area contributed by atoms with Crippen molar-refractivity contribution in [3.05, 3.63) is 0 Å². The van der Waals surface area contributed by atoms with Gasteiger partial charge in [0.1, 0.15) is 5.78 Å². The molecule has 0 spiro atoms. The molecule has 0 amide bonds. The van der Waals surface area contributed by atoms with Gasteiger partial charge in [-0.1, -0.05) is 20.8 Å². The normalized spacial score (nSPS) is 34.9. The molecular formula is C15H27NO. The maximum absolute atomic E-state index is 11.9. The maximum Gasteiger partial charge on any atom is 0.137 e. The second kappa shape index (κ2) is 5.09. The monoisotopic (exact) mass is 237 g/mol. The van der Waals surface area contributed by atoms with Crippen LogP contribution in [0.1, 0.15) is 52.9 Å². The predicted octanol–water partition coefficient (Wildman–Crippen LogP) is 3.11. The SMILES string of the molecule is CC1CCC(=O)C(CN2CCC(C)(C)CC2)C1. The van der Waals surface area contributed by atoms with Crippen molar-refractivity contribution in [3.8, 4) is 0 Å². The third-order valence-corrected chi connectivity index (χ3v) is 4.71. The van der Waals surface area contributed by atoms with E-state index in [1.54, 1.807) is 0 Å². The minimum atomic E-state index is 0.333. The van der Waals surface area contributed by atoms with E-state index in [2.05, 4.69) is 25.7 Å². The molecule has 1 aliphatic heterocycles.